The van der Waals surface area contributed by atoms with Crippen LogP contribution in [0.4, 0.5) is 0 Å². The van der Waals surface area contributed by atoms with Gasteiger partial charge in [0.15, 0.2) is 5.43 Å². The molecule has 66 valence electrons. The zero-order valence-corrected chi connectivity index (χ0v) is 7.51. The Morgan fingerprint density at radius 2 is 2.15 bits per heavy atom. The van der Waals surface area contributed by atoms with E-state index < -0.39 is 0 Å². The largest absolute Gasteiger partial charge is 0.464 e. The van der Waals surface area contributed by atoms with Gasteiger partial charge in [-0.1, -0.05) is 6.07 Å². The summed E-state index contributed by atoms with van der Waals surface area (Å²) in [5.41, 5.74) is 0.512. The molecule has 13 heavy (non-hydrogen) atoms. The molecular formula is C9H7NO2S. The maximum atomic E-state index is 11.4. The van der Waals surface area contributed by atoms with Crippen LogP contribution in [0.3, 0.4) is 0 Å². The molecule has 0 unspecified atom stereocenters. The van der Waals surface area contributed by atoms with E-state index in [1.807, 2.05) is 0 Å². The predicted octanol–water partition coefficient (Wildman–Crippen LogP) is 1.76. The lowest BCUT2D eigenvalue weighted by atomic mass is 10.2. The van der Waals surface area contributed by atoms with Crippen LogP contribution in [0.2, 0.25) is 0 Å². The number of rotatable bonds is 1. The first-order valence-corrected chi connectivity index (χ1v) is 4.58. The van der Waals surface area contributed by atoms with Crippen LogP contribution in [0.1, 0.15) is 0 Å². The molecule has 0 atom stereocenters. The maximum absolute atomic E-state index is 11.4. The Kier molecular flexibility index (Phi) is 2.08. The molecular weight excluding hydrogens is 186 g/mol. The minimum atomic E-state index is -0.0604. The number of fused-ring (bicyclic) bond motifs is 1. The van der Waals surface area contributed by atoms with E-state index in [0.29, 0.717) is 11.0 Å². The first-order chi connectivity index (χ1) is 6.33. The van der Waals surface area contributed by atoms with Crippen LogP contribution in [-0.4, -0.2) is 0 Å². The highest BCUT2D eigenvalue weighted by Crippen LogP contribution is 2.20. The Bertz CT molecular complexity index is 487. The maximum Gasteiger partial charge on any atom is 0.193 e. The molecule has 0 saturated carbocycles. The van der Waals surface area contributed by atoms with Gasteiger partial charge in [0, 0.05) is 11.0 Å². The quantitative estimate of drug-likeness (QED) is 0.701. The van der Waals surface area contributed by atoms with Crippen molar-refractivity contribution in [2.75, 3.05) is 0 Å². The molecule has 1 aromatic carbocycles. The van der Waals surface area contributed by atoms with Crippen molar-refractivity contribution in [3.05, 3.63) is 40.8 Å². The lowest BCUT2D eigenvalue weighted by molar-refractivity contribution is 0.602. The number of hydrogen-bond acceptors (Lipinski definition) is 4. The van der Waals surface area contributed by atoms with Crippen molar-refractivity contribution in [2.45, 2.75) is 4.90 Å². The average molecular weight is 193 g/mol. The summed E-state index contributed by atoms with van der Waals surface area (Å²) >= 11 is 1.05. The van der Waals surface area contributed by atoms with Gasteiger partial charge in [0.1, 0.15) is 5.58 Å². The molecule has 0 fully saturated rings. The molecule has 0 amide bonds. The van der Waals surface area contributed by atoms with Crippen molar-refractivity contribution < 1.29 is 4.42 Å². The summed E-state index contributed by atoms with van der Waals surface area (Å²) < 4.78 is 5.17. The van der Waals surface area contributed by atoms with Gasteiger partial charge in [0.2, 0.25) is 0 Å². The molecule has 3 nitrogen and oxygen atoms in total. The van der Waals surface area contributed by atoms with E-state index in [0.717, 1.165) is 16.8 Å². The Balaban J connectivity index is 2.95. The van der Waals surface area contributed by atoms with Gasteiger partial charge >= 0.3 is 0 Å². The molecule has 0 aliphatic carbocycles. The van der Waals surface area contributed by atoms with Crippen molar-refractivity contribution in [1.29, 1.82) is 0 Å². The predicted molar refractivity (Wildman–Crippen MR) is 52.5 cm³/mol. The molecule has 4 heteroatoms. The molecule has 0 radical (unpaired) electrons. The third kappa shape index (κ3) is 1.34. The van der Waals surface area contributed by atoms with Gasteiger partial charge in [-0.05, 0) is 24.1 Å². The normalized spacial score (nSPS) is 10.5. The standard InChI is InChI=1S/C9H7NO2S/c10-13-8-3-1-2-7-9(8)6(11)4-5-12-7/h1-5H,10H2. The smallest absolute Gasteiger partial charge is 0.193 e. The van der Waals surface area contributed by atoms with Crippen LogP contribution in [-0.2, 0) is 0 Å². The average Bonchev–Trinajstić information content (AvgIpc) is 2.17. The number of hydrogen-bond donors (Lipinski definition) is 1. The zero-order valence-electron chi connectivity index (χ0n) is 6.69. The second kappa shape index (κ2) is 3.24. The fourth-order valence-corrected chi connectivity index (χ4v) is 1.68. The molecule has 0 bridgehead atoms. The van der Waals surface area contributed by atoms with E-state index in [9.17, 15) is 4.79 Å². The summed E-state index contributed by atoms with van der Waals surface area (Å²) in [6, 6.07) is 6.74. The Morgan fingerprint density at radius 3 is 2.92 bits per heavy atom. The van der Waals surface area contributed by atoms with Crippen LogP contribution in [0, 0.1) is 0 Å². The fourth-order valence-electron chi connectivity index (χ4n) is 1.20. The molecule has 2 aromatic rings. The summed E-state index contributed by atoms with van der Waals surface area (Å²) in [5, 5.41) is 5.97. The van der Waals surface area contributed by atoms with Gasteiger partial charge in [-0.2, -0.15) is 0 Å². The number of nitrogens with two attached hydrogens (primary N) is 1. The van der Waals surface area contributed by atoms with E-state index in [1.54, 1.807) is 18.2 Å². The van der Waals surface area contributed by atoms with Crippen LogP contribution < -0.4 is 10.6 Å². The monoisotopic (exact) mass is 193 g/mol. The molecule has 0 aliphatic heterocycles. The lowest BCUT2D eigenvalue weighted by Gasteiger charge is -1.99. The molecule has 0 aliphatic rings. The molecule has 1 aromatic heterocycles. The van der Waals surface area contributed by atoms with Gasteiger partial charge in [-0.3, -0.25) is 9.93 Å². The minimum Gasteiger partial charge on any atom is -0.464 e. The fraction of sp³-hybridized carbons (Fsp3) is 0. The van der Waals surface area contributed by atoms with E-state index in [2.05, 4.69) is 0 Å². The minimum absolute atomic E-state index is 0.0604. The van der Waals surface area contributed by atoms with Gasteiger partial charge < -0.3 is 4.42 Å². The van der Waals surface area contributed by atoms with Gasteiger partial charge in [-0.15, -0.1) is 0 Å². The Morgan fingerprint density at radius 1 is 1.31 bits per heavy atom. The van der Waals surface area contributed by atoms with E-state index in [1.165, 1.54) is 12.3 Å². The highest BCUT2D eigenvalue weighted by atomic mass is 32.2. The van der Waals surface area contributed by atoms with Crippen molar-refractivity contribution >= 4 is 22.9 Å². The molecule has 1 heterocycles. The SMILES string of the molecule is NSc1cccc2occc(=O)c12. The zero-order chi connectivity index (χ0) is 9.26. The van der Waals surface area contributed by atoms with Crippen LogP contribution >= 0.6 is 11.9 Å². The van der Waals surface area contributed by atoms with E-state index in [-0.39, 0.29) is 5.43 Å². The summed E-state index contributed by atoms with van der Waals surface area (Å²) in [4.78, 5) is 12.2. The summed E-state index contributed by atoms with van der Waals surface area (Å²) in [5.74, 6) is 0. The van der Waals surface area contributed by atoms with E-state index >= 15 is 0 Å². The lowest BCUT2D eigenvalue weighted by Crippen LogP contribution is -2.00. The van der Waals surface area contributed by atoms with E-state index in [4.69, 9.17) is 9.56 Å². The molecule has 2 rings (SSSR count). The summed E-state index contributed by atoms with van der Waals surface area (Å²) in [7, 11) is 0. The third-order valence-electron chi connectivity index (χ3n) is 1.78. The van der Waals surface area contributed by atoms with Gasteiger partial charge in [-0.25, -0.2) is 0 Å². The van der Waals surface area contributed by atoms with Crippen molar-refractivity contribution in [3.8, 4) is 0 Å². The van der Waals surface area contributed by atoms with Gasteiger partial charge in [0.05, 0.1) is 11.6 Å². The van der Waals surface area contributed by atoms with Crippen molar-refractivity contribution in [2.24, 2.45) is 5.14 Å². The van der Waals surface area contributed by atoms with Crippen molar-refractivity contribution in [1.82, 2.24) is 0 Å². The Hall–Kier alpha value is -1.26. The van der Waals surface area contributed by atoms with Gasteiger partial charge in [0.25, 0.3) is 0 Å². The first kappa shape index (κ1) is 8.34. The van der Waals surface area contributed by atoms with Crippen molar-refractivity contribution in [3.63, 3.8) is 0 Å². The van der Waals surface area contributed by atoms with Crippen LogP contribution in [0.5, 0.6) is 0 Å². The molecule has 0 spiro atoms. The molecule has 2 N–H and O–H groups in total. The molecule has 0 saturated heterocycles. The summed E-state index contributed by atoms with van der Waals surface area (Å²) in [6.45, 7) is 0. The summed E-state index contributed by atoms with van der Waals surface area (Å²) in [6.07, 6.45) is 1.38. The second-order valence-electron chi connectivity index (χ2n) is 2.53. The van der Waals surface area contributed by atoms with Crippen LogP contribution in [0.15, 0.2) is 44.6 Å². The number of benzene rings is 1. The first-order valence-electron chi connectivity index (χ1n) is 3.70. The highest BCUT2D eigenvalue weighted by molar-refractivity contribution is 7.97. The van der Waals surface area contributed by atoms with Crippen LogP contribution in [0.25, 0.3) is 11.0 Å². The Labute approximate surface area is 78.7 Å². The third-order valence-corrected chi connectivity index (χ3v) is 2.37. The second-order valence-corrected chi connectivity index (χ2v) is 3.21. The highest BCUT2D eigenvalue weighted by Gasteiger charge is 2.04. The topological polar surface area (TPSA) is 56.2 Å².